The van der Waals surface area contributed by atoms with E-state index in [1.54, 1.807) is 0 Å². The van der Waals surface area contributed by atoms with Crippen molar-refractivity contribution in [2.75, 3.05) is 0 Å². The number of halogens is 1. The molecule has 17 heavy (non-hydrogen) atoms. The zero-order chi connectivity index (χ0) is 12.8. The largest absolute Gasteiger partial charge is 0.487 e. The maximum absolute atomic E-state index is 6.15. The fraction of sp³-hybridized carbons (Fsp3) is 0.571. The van der Waals surface area contributed by atoms with Gasteiger partial charge in [0.1, 0.15) is 11.9 Å². The van der Waals surface area contributed by atoms with Gasteiger partial charge in [0.05, 0.1) is 5.02 Å². The Morgan fingerprint density at radius 1 is 1.35 bits per heavy atom. The van der Waals surface area contributed by atoms with E-state index in [0.29, 0.717) is 5.02 Å². The molecular weight excluding hydrogens is 234 g/mol. The van der Waals surface area contributed by atoms with Crippen molar-refractivity contribution in [2.45, 2.75) is 52.2 Å². The van der Waals surface area contributed by atoms with Gasteiger partial charge in [0, 0.05) is 6.04 Å². The lowest BCUT2D eigenvalue weighted by atomic mass is 10.0. The second-order valence-corrected chi connectivity index (χ2v) is 4.86. The second-order valence-electron chi connectivity index (χ2n) is 4.45. The molecule has 1 rings (SSSR count). The van der Waals surface area contributed by atoms with E-state index in [9.17, 15) is 0 Å². The first-order chi connectivity index (χ1) is 8.08. The van der Waals surface area contributed by atoms with Crippen LogP contribution in [0.25, 0.3) is 0 Å². The van der Waals surface area contributed by atoms with E-state index >= 15 is 0 Å². The maximum Gasteiger partial charge on any atom is 0.138 e. The van der Waals surface area contributed by atoms with E-state index in [0.717, 1.165) is 30.6 Å². The van der Waals surface area contributed by atoms with Crippen molar-refractivity contribution in [3.8, 4) is 5.75 Å². The number of aryl methyl sites for hydroxylation is 1. The highest BCUT2D eigenvalue weighted by atomic mass is 35.5. The normalized spacial score (nSPS) is 14.4. The molecule has 0 saturated carbocycles. The third-order valence-electron chi connectivity index (χ3n) is 2.87. The quantitative estimate of drug-likeness (QED) is 0.836. The minimum Gasteiger partial charge on any atom is -0.487 e. The highest BCUT2D eigenvalue weighted by molar-refractivity contribution is 6.32. The van der Waals surface area contributed by atoms with E-state index in [4.69, 9.17) is 22.1 Å². The summed E-state index contributed by atoms with van der Waals surface area (Å²) in [4.78, 5) is 0. The lowest BCUT2D eigenvalue weighted by Crippen LogP contribution is -2.38. The number of ether oxygens (including phenoxy) is 1. The molecule has 0 bridgehead atoms. The fourth-order valence-electron chi connectivity index (χ4n) is 1.86. The predicted molar refractivity (Wildman–Crippen MR) is 73.8 cm³/mol. The number of nitrogens with two attached hydrogens (primary N) is 1. The number of hydrogen-bond acceptors (Lipinski definition) is 2. The molecule has 0 heterocycles. The fourth-order valence-corrected chi connectivity index (χ4v) is 2.14. The van der Waals surface area contributed by atoms with Gasteiger partial charge in [-0.2, -0.15) is 0 Å². The van der Waals surface area contributed by atoms with Gasteiger partial charge < -0.3 is 10.5 Å². The summed E-state index contributed by atoms with van der Waals surface area (Å²) < 4.78 is 5.91. The molecule has 0 fully saturated rings. The monoisotopic (exact) mass is 255 g/mol. The van der Waals surface area contributed by atoms with Crippen molar-refractivity contribution >= 4 is 11.6 Å². The molecule has 2 N–H and O–H groups in total. The van der Waals surface area contributed by atoms with Crippen LogP contribution in [0, 0.1) is 6.92 Å². The Hall–Kier alpha value is -0.730. The molecule has 2 nitrogen and oxygen atoms in total. The van der Waals surface area contributed by atoms with Crippen molar-refractivity contribution < 1.29 is 4.74 Å². The van der Waals surface area contributed by atoms with Gasteiger partial charge in [-0.3, -0.25) is 0 Å². The molecule has 0 aliphatic carbocycles. The van der Waals surface area contributed by atoms with E-state index in [-0.39, 0.29) is 12.1 Å². The second kappa shape index (κ2) is 6.87. The van der Waals surface area contributed by atoms with Crippen molar-refractivity contribution in [2.24, 2.45) is 5.73 Å². The van der Waals surface area contributed by atoms with Crippen LogP contribution in [0.2, 0.25) is 5.02 Å². The smallest absolute Gasteiger partial charge is 0.138 e. The van der Waals surface area contributed by atoms with Crippen LogP contribution in [0.3, 0.4) is 0 Å². The van der Waals surface area contributed by atoms with Crippen LogP contribution in [-0.4, -0.2) is 12.1 Å². The first-order valence-corrected chi connectivity index (χ1v) is 6.64. The Labute approximate surface area is 109 Å². The lowest BCUT2D eigenvalue weighted by molar-refractivity contribution is 0.161. The van der Waals surface area contributed by atoms with E-state index in [1.807, 2.05) is 25.1 Å². The maximum atomic E-state index is 6.15. The highest BCUT2D eigenvalue weighted by Crippen LogP contribution is 2.27. The summed E-state index contributed by atoms with van der Waals surface area (Å²) in [5, 5.41) is 0.659. The molecule has 0 saturated heterocycles. The van der Waals surface area contributed by atoms with Crippen molar-refractivity contribution in [3.63, 3.8) is 0 Å². The molecule has 0 spiro atoms. The minimum atomic E-state index is 0.0372. The van der Waals surface area contributed by atoms with Gasteiger partial charge in [-0.05, 0) is 37.5 Å². The molecule has 0 aliphatic rings. The third-order valence-corrected chi connectivity index (χ3v) is 3.16. The molecule has 1 aromatic carbocycles. The summed E-state index contributed by atoms with van der Waals surface area (Å²) in [5.41, 5.74) is 7.23. The lowest BCUT2D eigenvalue weighted by Gasteiger charge is -2.24. The zero-order valence-corrected chi connectivity index (χ0v) is 11.6. The van der Waals surface area contributed by atoms with Gasteiger partial charge in [-0.1, -0.05) is 37.9 Å². The van der Waals surface area contributed by atoms with Gasteiger partial charge in [0.2, 0.25) is 0 Å². The molecule has 2 unspecified atom stereocenters. The SMILES string of the molecule is CCCC(N)C(CC)Oc1ccc(C)cc1Cl. The highest BCUT2D eigenvalue weighted by Gasteiger charge is 2.18. The molecule has 2 atom stereocenters. The summed E-state index contributed by atoms with van der Waals surface area (Å²) in [7, 11) is 0. The average Bonchev–Trinajstić information content (AvgIpc) is 2.28. The summed E-state index contributed by atoms with van der Waals surface area (Å²) >= 11 is 6.15. The van der Waals surface area contributed by atoms with Crippen LogP contribution in [-0.2, 0) is 0 Å². The summed E-state index contributed by atoms with van der Waals surface area (Å²) in [5.74, 6) is 0.732. The average molecular weight is 256 g/mol. The topological polar surface area (TPSA) is 35.2 Å². The van der Waals surface area contributed by atoms with Gasteiger partial charge in [-0.25, -0.2) is 0 Å². The first-order valence-electron chi connectivity index (χ1n) is 6.26. The molecule has 0 amide bonds. The van der Waals surface area contributed by atoms with Gasteiger partial charge in [0.15, 0.2) is 0 Å². The van der Waals surface area contributed by atoms with E-state index < -0.39 is 0 Å². The van der Waals surface area contributed by atoms with Gasteiger partial charge >= 0.3 is 0 Å². The molecule has 96 valence electrons. The van der Waals surface area contributed by atoms with Gasteiger partial charge in [0.25, 0.3) is 0 Å². The number of benzene rings is 1. The summed E-state index contributed by atoms with van der Waals surface area (Å²) in [6, 6.07) is 5.90. The van der Waals surface area contributed by atoms with Gasteiger partial charge in [-0.15, -0.1) is 0 Å². The van der Waals surface area contributed by atoms with Crippen LogP contribution < -0.4 is 10.5 Å². The van der Waals surface area contributed by atoms with Crippen molar-refractivity contribution in [1.82, 2.24) is 0 Å². The summed E-state index contributed by atoms with van der Waals surface area (Å²) in [6.45, 7) is 6.23. The first kappa shape index (κ1) is 14.3. The Balaban J connectivity index is 2.73. The Morgan fingerprint density at radius 2 is 2.06 bits per heavy atom. The molecule has 0 radical (unpaired) electrons. The van der Waals surface area contributed by atoms with Crippen molar-refractivity contribution in [1.29, 1.82) is 0 Å². The Bertz CT molecular complexity index is 354. The van der Waals surface area contributed by atoms with E-state index in [1.165, 1.54) is 0 Å². The Kier molecular flexibility index (Phi) is 5.79. The summed E-state index contributed by atoms with van der Waals surface area (Å²) in [6.07, 6.45) is 2.98. The predicted octanol–water partition coefficient (Wildman–Crippen LogP) is 3.93. The van der Waals surface area contributed by atoms with E-state index in [2.05, 4.69) is 13.8 Å². The minimum absolute atomic E-state index is 0.0372. The molecule has 1 aromatic rings. The van der Waals surface area contributed by atoms with Crippen LogP contribution in [0.15, 0.2) is 18.2 Å². The molecule has 0 aliphatic heterocycles. The number of hydrogen-bond donors (Lipinski definition) is 1. The zero-order valence-electron chi connectivity index (χ0n) is 10.9. The van der Waals surface area contributed by atoms with Crippen LogP contribution in [0.5, 0.6) is 5.75 Å². The standard InChI is InChI=1S/C14H22ClNO/c1-4-6-12(16)13(5-2)17-14-8-7-10(3)9-11(14)15/h7-9,12-13H,4-6,16H2,1-3H3. The van der Waals surface area contributed by atoms with Crippen LogP contribution in [0.4, 0.5) is 0 Å². The molecular formula is C14H22ClNO. The molecule has 0 aromatic heterocycles. The van der Waals surface area contributed by atoms with Crippen molar-refractivity contribution in [3.05, 3.63) is 28.8 Å². The Morgan fingerprint density at radius 3 is 2.59 bits per heavy atom. The molecule has 3 heteroatoms. The number of rotatable bonds is 6. The van der Waals surface area contributed by atoms with Crippen LogP contribution >= 0.6 is 11.6 Å². The van der Waals surface area contributed by atoms with Crippen LogP contribution in [0.1, 0.15) is 38.7 Å². The third kappa shape index (κ3) is 4.21.